The van der Waals surface area contributed by atoms with Gasteiger partial charge in [0.2, 0.25) is 0 Å². The van der Waals surface area contributed by atoms with Gasteiger partial charge >= 0.3 is 0 Å². The average Bonchev–Trinajstić information content (AvgIpc) is 2.29. The maximum atomic E-state index is 5.98. The highest BCUT2D eigenvalue weighted by Crippen LogP contribution is 2.24. The molecule has 0 spiro atoms. The smallest absolute Gasteiger partial charge is 0.122 e. The molecule has 0 bridgehead atoms. The van der Waals surface area contributed by atoms with Crippen molar-refractivity contribution in [3.8, 4) is 5.75 Å². The van der Waals surface area contributed by atoms with Crippen LogP contribution in [0.15, 0.2) is 18.2 Å². The fraction of sp³-hybridized carbons (Fsp3) is 0.571. The van der Waals surface area contributed by atoms with Gasteiger partial charge in [-0.3, -0.25) is 0 Å². The van der Waals surface area contributed by atoms with E-state index in [9.17, 15) is 0 Å². The van der Waals surface area contributed by atoms with Crippen LogP contribution in [0.4, 0.5) is 0 Å². The summed E-state index contributed by atoms with van der Waals surface area (Å²) in [6.45, 7) is 2.24. The van der Waals surface area contributed by atoms with Gasteiger partial charge in [0.1, 0.15) is 5.75 Å². The molecule has 0 heterocycles. The Labute approximate surface area is 104 Å². The van der Waals surface area contributed by atoms with Crippen LogP contribution in [-0.4, -0.2) is 7.11 Å². The monoisotopic (exact) mass is 240 g/mol. The molecule has 0 N–H and O–H groups in total. The Morgan fingerprint density at radius 3 is 2.56 bits per heavy atom. The number of rotatable bonds is 7. The third-order valence-corrected chi connectivity index (χ3v) is 3.03. The normalized spacial score (nSPS) is 10.4. The average molecular weight is 241 g/mol. The molecule has 0 saturated heterocycles. The minimum absolute atomic E-state index is 0.796. The molecule has 0 unspecified atom stereocenters. The first-order valence-electron chi connectivity index (χ1n) is 6.10. The number of benzene rings is 1. The molecule has 0 aliphatic heterocycles. The molecule has 0 radical (unpaired) electrons. The SMILES string of the molecule is CCCCCCCc1cc(Cl)ccc1OC. The highest BCUT2D eigenvalue weighted by Gasteiger charge is 2.03. The first kappa shape index (κ1) is 13.4. The van der Waals surface area contributed by atoms with Crippen LogP contribution in [0.2, 0.25) is 5.02 Å². The molecule has 0 amide bonds. The number of aryl methyl sites for hydroxylation is 1. The van der Waals surface area contributed by atoms with Crippen LogP contribution in [0.25, 0.3) is 0 Å². The number of halogens is 1. The summed E-state index contributed by atoms with van der Waals surface area (Å²) >= 11 is 5.98. The molecular formula is C14H21ClO. The predicted octanol–water partition coefficient (Wildman–Crippen LogP) is 4.86. The Kier molecular flexibility index (Phi) is 6.32. The van der Waals surface area contributed by atoms with Crippen molar-refractivity contribution >= 4 is 11.6 Å². The zero-order valence-corrected chi connectivity index (χ0v) is 11.0. The molecule has 1 aromatic rings. The van der Waals surface area contributed by atoms with Crippen LogP contribution >= 0.6 is 11.6 Å². The van der Waals surface area contributed by atoms with E-state index in [1.54, 1.807) is 7.11 Å². The van der Waals surface area contributed by atoms with E-state index in [0.29, 0.717) is 0 Å². The Morgan fingerprint density at radius 2 is 1.88 bits per heavy atom. The van der Waals surface area contributed by atoms with E-state index >= 15 is 0 Å². The Morgan fingerprint density at radius 1 is 1.12 bits per heavy atom. The minimum atomic E-state index is 0.796. The molecule has 90 valence electrons. The van der Waals surface area contributed by atoms with Crippen molar-refractivity contribution in [1.82, 2.24) is 0 Å². The summed E-state index contributed by atoms with van der Waals surface area (Å²) in [7, 11) is 1.71. The lowest BCUT2D eigenvalue weighted by Gasteiger charge is -2.08. The second-order valence-corrected chi connectivity index (χ2v) is 4.56. The summed E-state index contributed by atoms with van der Waals surface area (Å²) in [5.41, 5.74) is 1.23. The summed E-state index contributed by atoms with van der Waals surface area (Å²) in [6.07, 6.45) is 7.54. The first-order valence-corrected chi connectivity index (χ1v) is 6.48. The van der Waals surface area contributed by atoms with Gasteiger partial charge in [-0.1, -0.05) is 44.2 Å². The molecule has 2 heteroatoms. The molecule has 1 rings (SSSR count). The molecule has 0 aromatic heterocycles. The van der Waals surface area contributed by atoms with Gasteiger partial charge in [-0.25, -0.2) is 0 Å². The Balaban J connectivity index is 2.42. The largest absolute Gasteiger partial charge is 0.496 e. The lowest BCUT2D eigenvalue weighted by Crippen LogP contribution is -1.92. The molecule has 0 fully saturated rings. The van der Waals surface area contributed by atoms with Crippen molar-refractivity contribution in [1.29, 1.82) is 0 Å². The quantitative estimate of drug-likeness (QED) is 0.619. The van der Waals surface area contributed by atoms with Crippen molar-refractivity contribution < 1.29 is 4.74 Å². The van der Waals surface area contributed by atoms with E-state index in [2.05, 4.69) is 6.92 Å². The Bertz CT molecular complexity index is 310. The van der Waals surface area contributed by atoms with Gasteiger partial charge in [0.15, 0.2) is 0 Å². The van der Waals surface area contributed by atoms with E-state index in [0.717, 1.165) is 17.2 Å². The molecule has 1 nitrogen and oxygen atoms in total. The van der Waals surface area contributed by atoms with Crippen LogP contribution in [-0.2, 0) is 6.42 Å². The summed E-state index contributed by atoms with van der Waals surface area (Å²) in [6, 6.07) is 5.84. The van der Waals surface area contributed by atoms with Gasteiger partial charge in [-0.05, 0) is 36.6 Å². The van der Waals surface area contributed by atoms with Crippen molar-refractivity contribution in [3.63, 3.8) is 0 Å². The minimum Gasteiger partial charge on any atom is -0.496 e. The molecule has 0 atom stereocenters. The van der Waals surface area contributed by atoms with Crippen molar-refractivity contribution in [2.75, 3.05) is 7.11 Å². The summed E-state index contributed by atoms with van der Waals surface area (Å²) in [4.78, 5) is 0. The zero-order chi connectivity index (χ0) is 11.8. The van der Waals surface area contributed by atoms with E-state index in [1.165, 1.54) is 37.7 Å². The summed E-state index contributed by atoms with van der Waals surface area (Å²) in [5.74, 6) is 0.958. The van der Waals surface area contributed by atoms with Crippen LogP contribution in [0, 0.1) is 0 Å². The van der Waals surface area contributed by atoms with Crippen molar-refractivity contribution in [2.24, 2.45) is 0 Å². The fourth-order valence-electron chi connectivity index (χ4n) is 1.86. The number of ether oxygens (including phenoxy) is 1. The third-order valence-electron chi connectivity index (χ3n) is 2.79. The van der Waals surface area contributed by atoms with Gasteiger partial charge < -0.3 is 4.74 Å². The molecule has 0 aliphatic rings. The van der Waals surface area contributed by atoms with Crippen molar-refractivity contribution in [2.45, 2.75) is 45.4 Å². The molecular weight excluding hydrogens is 220 g/mol. The number of methoxy groups -OCH3 is 1. The predicted molar refractivity (Wildman–Crippen MR) is 70.5 cm³/mol. The maximum absolute atomic E-state index is 5.98. The molecule has 1 aromatic carbocycles. The van der Waals surface area contributed by atoms with E-state index in [1.807, 2.05) is 18.2 Å². The van der Waals surface area contributed by atoms with Gasteiger partial charge in [0, 0.05) is 5.02 Å². The van der Waals surface area contributed by atoms with E-state index in [-0.39, 0.29) is 0 Å². The van der Waals surface area contributed by atoms with Crippen LogP contribution in [0.3, 0.4) is 0 Å². The molecule has 16 heavy (non-hydrogen) atoms. The number of hydrogen-bond donors (Lipinski definition) is 0. The van der Waals surface area contributed by atoms with Crippen molar-refractivity contribution in [3.05, 3.63) is 28.8 Å². The molecule has 0 saturated carbocycles. The summed E-state index contributed by atoms with van der Waals surface area (Å²) in [5, 5.41) is 0.796. The lowest BCUT2D eigenvalue weighted by molar-refractivity contribution is 0.408. The fourth-order valence-corrected chi connectivity index (χ4v) is 2.06. The highest BCUT2D eigenvalue weighted by atomic mass is 35.5. The summed E-state index contributed by atoms with van der Waals surface area (Å²) < 4.78 is 5.32. The number of unbranched alkanes of at least 4 members (excludes halogenated alkanes) is 4. The maximum Gasteiger partial charge on any atom is 0.122 e. The molecule has 0 aliphatic carbocycles. The van der Waals surface area contributed by atoms with Gasteiger partial charge in [-0.2, -0.15) is 0 Å². The standard InChI is InChI=1S/C14H21ClO/c1-3-4-5-6-7-8-12-11-13(15)9-10-14(12)16-2/h9-11H,3-8H2,1-2H3. The van der Waals surface area contributed by atoms with Crippen LogP contribution < -0.4 is 4.74 Å². The van der Waals surface area contributed by atoms with E-state index < -0.39 is 0 Å². The van der Waals surface area contributed by atoms with E-state index in [4.69, 9.17) is 16.3 Å². The zero-order valence-electron chi connectivity index (χ0n) is 10.3. The first-order chi connectivity index (χ1) is 7.77. The Hall–Kier alpha value is -0.690. The van der Waals surface area contributed by atoms with Crippen LogP contribution in [0.5, 0.6) is 5.75 Å². The van der Waals surface area contributed by atoms with Crippen LogP contribution in [0.1, 0.15) is 44.6 Å². The second-order valence-electron chi connectivity index (χ2n) is 4.12. The lowest BCUT2D eigenvalue weighted by atomic mass is 10.0. The third kappa shape index (κ3) is 4.44. The van der Waals surface area contributed by atoms with Gasteiger partial charge in [0.05, 0.1) is 7.11 Å². The topological polar surface area (TPSA) is 9.23 Å². The van der Waals surface area contributed by atoms with Gasteiger partial charge in [-0.15, -0.1) is 0 Å². The van der Waals surface area contributed by atoms with Gasteiger partial charge in [0.25, 0.3) is 0 Å². The highest BCUT2D eigenvalue weighted by molar-refractivity contribution is 6.30. The number of hydrogen-bond acceptors (Lipinski definition) is 1. The second kappa shape index (κ2) is 7.56.